The van der Waals surface area contributed by atoms with Gasteiger partial charge in [0.2, 0.25) is 5.91 Å². The topological polar surface area (TPSA) is 126 Å². The van der Waals surface area contributed by atoms with Crippen molar-refractivity contribution in [1.82, 2.24) is 5.32 Å². The molecule has 0 atom stereocenters. The van der Waals surface area contributed by atoms with Crippen LogP contribution in [0.25, 0.3) is 11.1 Å². The zero-order chi connectivity index (χ0) is 38.0. The molecule has 0 aliphatic heterocycles. The summed E-state index contributed by atoms with van der Waals surface area (Å²) in [6, 6.07) is 29.5. The number of nitrogens with one attached hydrogen (secondary N) is 1. The number of halogens is 4. The molecule has 0 bridgehead atoms. The van der Waals surface area contributed by atoms with Crippen molar-refractivity contribution in [2.75, 3.05) is 6.54 Å². The van der Waals surface area contributed by atoms with Gasteiger partial charge in [0.1, 0.15) is 0 Å². The van der Waals surface area contributed by atoms with E-state index in [1.807, 2.05) is 159 Å². The van der Waals surface area contributed by atoms with Crippen LogP contribution in [-0.2, 0) is 37.4 Å². The van der Waals surface area contributed by atoms with Gasteiger partial charge in [-0.25, -0.2) is 18.3 Å². The van der Waals surface area contributed by atoms with Gasteiger partial charge in [-0.05, 0) is 42.0 Å². The minimum atomic E-state index is -1.63. The third kappa shape index (κ3) is 14.2. The van der Waals surface area contributed by atoms with E-state index in [-0.39, 0.29) is 73.8 Å². The fourth-order valence-electron chi connectivity index (χ4n) is 6.42. The van der Waals surface area contributed by atoms with Gasteiger partial charge in [0.15, 0.2) is 75.8 Å². The number of carbonyl (C=O) groups excluding carboxylic acids is 1. The van der Waals surface area contributed by atoms with Crippen LogP contribution in [-0.4, -0.2) is 46.8 Å². The molecular weight excluding hydrogens is 996 g/mol. The molecule has 302 valence electrons. The van der Waals surface area contributed by atoms with Gasteiger partial charge in [0.25, 0.3) is 0 Å². The molecule has 0 aliphatic rings. The second-order valence-electron chi connectivity index (χ2n) is 13.6. The lowest BCUT2D eigenvalue weighted by Crippen LogP contribution is -3.00. The maximum absolute atomic E-state index is 11.7. The van der Waals surface area contributed by atoms with Gasteiger partial charge < -0.3 is 93.3 Å². The van der Waals surface area contributed by atoms with Crippen molar-refractivity contribution in [2.24, 2.45) is 0 Å². The van der Waals surface area contributed by atoms with E-state index in [1.165, 1.54) is 0 Å². The van der Waals surface area contributed by atoms with Gasteiger partial charge in [-0.1, -0.05) is 49.0 Å². The molecule has 0 spiro atoms. The number of amides is 1. The molecule has 5 N–H and O–H groups in total. The summed E-state index contributed by atoms with van der Waals surface area (Å²) in [5.41, 5.74) is 7.97. The van der Waals surface area contributed by atoms with Crippen molar-refractivity contribution in [2.45, 2.75) is 39.5 Å². The highest BCUT2D eigenvalue weighted by Gasteiger charge is 2.22. The smallest absolute Gasteiger partial charge is 0.488 e. The molecule has 0 saturated carbocycles. The van der Waals surface area contributed by atoms with E-state index >= 15 is 0 Å². The molecule has 4 aromatic heterocycles. The zero-order valence-corrected chi connectivity index (χ0v) is 38.2. The van der Waals surface area contributed by atoms with Gasteiger partial charge in [-0.15, -0.1) is 0 Å². The molecule has 0 radical (unpaired) electrons. The van der Waals surface area contributed by atoms with Crippen molar-refractivity contribution in [3.05, 3.63) is 181 Å². The molecule has 0 fully saturated rings. The SMILES string of the molecule is C=C(C)C(=O)NCCc1cc[n+](Cc2ccc(C[n+]3cccc(-c4ccc[n+](Cc5ccc(C[n+]6ccccc6)cc5B(O)O)c4)c3)c(B(O)O)c2)cc1.[Br-].[Br-].[Br-].[Br-]. The number of rotatable bonds is 15. The summed E-state index contributed by atoms with van der Waals surface area (Å²) < 4.78 is 8.10. The predicted octanol–water partition coefficient (Wildman–Crippen LogP) is -11.7. The molecule has 6 aromatic rings. The molecule has 0 aliphatic carbocycles. The minimum Gasteiger partial charge on any atom is -1.00 e. The lowest BCUT2D eigenvalue weighted by atomic mass is 9.76. The fourth-order valence-corrected chi connectivity index (χ4v) is 6.42. The third-order valence-electron chi connectivity index (χ3n) is 9.29. The maximum atomic E-state index is 11.7. The molecule has 2 aromatic carbocycles. The number of hydrogen-bond acceptors (Lipinski definition) is 5. The Kier molecular flexibility index (Phi) is 21.0. The highest BCUT2D eigenvalue weighted by molar-refractivity contribution is 6.59. The first-order valence-electron chi connectivity index (χ1n) is 17.9. The van der Waals surface area contributed by atoms with E-state index in [0.29, 0.717) is 55.6 Å². The van der Waals surface area contributed by atoms with Crippen LogP contribution in [0.5, 0.6) is 0 Å². The Morgan fingerprint density at radius 3 is 1.47 bits per heavy atom. The summed E-state index contributed by atoms with van der Waals surface area (Å²) in [6.45, 7) is 7.94. The van der Waals surface area contributed by atoms with Gasteiger partial charge in [-0.2, -0.15) is 0 Å². The molecule has 16 heteroatoms. The van der Waals surface area contributed by atoms with Crippen LogP contribution >= 0.6 is 0 Å². The minimum absolute atomic E-state index is 0. The highest BCUT2D eigenvalue weighted by atomic mass is 79.9. The number of hydrogen-bond donors (Lipinski definition) is 5. The average Bonchev–Trinajstić information content (AvgIpc) is 3.17. The molecule has 58 heavy (non-hydrogen) atoms. The first kappa shape index (κ1) is 50.3. The number of pyridine rings is 4. The van der Waals surface area contributed by atoms with Crippen LogP contribution in [0, 0.1) is 0 Å². The third-order valence-corrected chi connectivity index (χ3v) is 9.29. The predicted molar refractivity (Wildman–Crippen MR) is 206 cm³/mol. The van der Waals surface area contributed by atoms with Gasteiger partial charge in [0.05, 0.1) is 11.1 Å². The number of carbonyl (C=O) groups is 1. The van der Waals surface area contributed by atoms with Crippen LogP contribution < -0.4 is 102 Å². The summed E-state index contributed by atoms with van der Waals surface area (Å²) in [4.78, 5) is 11.7. The van der Waals surface area contributed by atoms with Crippen LogP contribution in [0.1, 0.15) is 34.7 Å². The number of aromatic nitrogens is 4. The van der Waals surface area contributed by atoms with Gasteiger partial charge in [-0.3, -0.25) is 4.79 Å². The average molecular weight is 1040 g/mol. The molecular formula is C42H45B2Br4N5O5. The summed E-state index contributed by atoms with van der Waals surface area (Å²) in [5, 5.41) is 44.0. The van der Waals surface area contributed by atoms with Crippen molar-refractivity contribution < 1.29 is 111 Å². The van der Waals surface area contributed by atoms with Crippen LogP contribution in [0.3, 0.4) is 0 Å². The first-order chi connectivity index (χ1) is 26.1. The Labute approximate surface area is 382 Å². The van der Waals surface area contributed by atoms with E-state index in [4.69, 9.17) is 0 Å². The Balaban J connectivity index is 0.00000290. The van der Waals surface area contributed by atoms with Crippen molar-refractivity contribution in [3.8, 4) is 11.1 Å². The van der Waals surface area contributed by atoms with E-state index in [0.717, 1.165) is 38.9 Å². The summed E-state index contributed by atoms with van der Waals surface area (Å²) in [7, 11) is -3.23. The number of nitrogens with zero attached hydrogens (tertiary/aromatic N) is 4. The maximum Gasteiger partial charge on any atom is 0.488 e. The van der Waals surface area contributed by atoms with Gasteiger partial charge >= 0.3 is 14.2 Å². The van der Waals surface area contributed by atoms with Crippen LogP contribution in [0.2, 0.25) is 0 Å². The first-order valence-corrected chi connectivity index (χ1v) is 17.9. The van der Waals surface area contributed by atoms with E-state index < -0.39 is 14.2 Å². The molecule has 0 saturated heterocycles. The highest BCUT2D eigenvalue weighted by Crippen LogP contribution is 2.16. The standard InChI is InChI=1S/C42H44B2N5O5.4BrH/c1-32(2)42(50)45-17-14-33-15-22-47(23-16-33)27-35-11-13-39(41(25-35)44(53)54)31-49-21-7-9-37(29-49)36-8-6-20-48(28-36)30-38-12-10-34(24-40(38)43(51)52)26-46-18-4-3-5-19-46;;;;/h3-13,15-16,18-25,28-29,51-54H,1,14,17,26-27,30-31H2,2H3;4*1H/q+3;;;;/p-3. The van der Waals surface area contributed by atoms with Crippen molar-refractivity contribution in [1.29, 1.82) is 0 Å². The second kappa shape index (κ2) is 24.3. The second-order valence-corrected chi connectivity index (χ2v) is 13.6. The van der Waals surface area contributed by atoms with E-state index in [9.17, 15) is 24.9 Å². The summed E-state index contributed by atoms with van der Waals surface area (Å²) in [6.07, 6.45) is 16.6. The Morgan fingerprint density at radius 1 is 0.569 bits per heavy atom. The summed E-state index contributed by atoms with van der Waals surface area (Å²) >= 11 is 0. The molecule has 4 heterocycles. The normalized spacial score (nSPS) is 10.2. The Hall–Kier alpha value is -3.86. The van der Waals surface area contributed by atoms with E-state index in [1.54, 1.807) is 6.92 Å². The molecule has 0 unspecified atom stereocenters. The quantitative estimate of drug-likeness (QED) is 0.0398. The lowest BCUT2D eigenvalue weighted by Gasteiger charge is -2.10. The zero-order valence-electron chi connectivity index (χ0n) is 31.9. The fraction of sp³-hybridized carbons (Fsp3) is 0.167. The molecule has 1 amide bonds. The van der Waals surface area contributed by atoms with Gasteiger partial charge in [0, 0.05) is 70.8 Å². The Morgan fingerprint density at radius 2 is 1.02 bits per heavy atom. The van der Waals surface area contributed by atoms with Crippen LogP contribution in [0.4, 0.5) is 0 Å². The molecule has 10 nitrogen and oxygen atoms in total. The van der Waals surface area contributed by atoms with Crippen LogP contribution in [0.15, 0.2) is 153 Å². The summed E-state index contributed by atoms with van der Waals surface area (Å²) in [5.74, 6) is -0.143. The molecule has 6 rings (SSSR count). The van der Waals surface area contributed by atoms with Crippen molar-refractivity contribution in [3.63, 3.8) is 0 Å². The largest absolute Gasteiger partial charge is 1.00 e. The van der Waals surface area contributed by atoms with Crippen molar-refractivity contribution >= 4 is 31.1 Å². The Bertz CT molecular complexity index is 2250. The monoisotopic (exact) mass is 1040 g/mol. The van der Waals surface area contributed by atoms with E-state index in [2.05, 4.69) is 11.9 Å². The number of benzene rings is 2. The lowest BCUT2D eigenvalue weighted by molar-refractivity contribution is -0.689.